The molecule has 0 aromatic heterocycles. The first kappa shape index (κ1) is 27.9. The highest BCUT2D eigenvalue weighted by Gasteiger charge is 2.77. The van der Waals surface area contributed by atoms with Gasteiger partial charge in [0.05, 0.1) is 35.7 Å². The number of aliphatic hydroxyl groups is 4. The van der Waals surface area contributed by atoms with Crippen LogP contribution in [0, 0.1) is 16.7 Å². The third kappa shape index (κ3) is 3.62. The highest BCUT2D eigenvalue weighted by atomic mass is 16.6. The molecule has 3 aliphatic carbocycles. The summed E-state index contributed by atoms with van der Waals surface area (Å²) in [6, 6.07) is 8.08. The van der Waals surface area contributed by atoms with Crippen LogP contribution in [0.2, 0.25) is 0 Å². The van der Waals surface area contributed by atoms with Crippen molar-refractivity contribution in [3.8, 4) is 0 Å². The van der Waals surface area contributed by atoms with E-state index in [4.69, 9.17) is 14.2 Å². The molecule has 2 bridgehead atoms. The van der Waals surface area contributed by atoms with E-state index in [2.05, 4.69) is 0 Å². The molecule has 4 aliphatic rings. The Morgan fingerprint density at radius 3 is 2.28 bits per heavy atom. The van der Waals surface area contributed by atoms with Crippen LogP contribution >= 0.6 is 0 Å². The van der Waals surface area contributed by atoms with Crippen LogP contribution in [0.15, 0.2) is 41.5 Å². The quantitative estimate of drug-likeness (QED) is 0.320. The first-order chi connectivity index (χ1) is 18.1. The van der Waals surface area contributed by atoms with E-state index in [0.717, 1.165) is 0 Å². The minimum absolute atomic E-state index is 0.0828. The predicted octanol–water partition coefficient (Wildman–Crippen LogP) is 1.08. The summed E-state index contributed by atoms with van der Waals surface area (Å²) in [5.41, 5.74) is -6.24. The van der Waals surface area contributed by atoms with Gasteiger partial charge in [-0.3, -0.25) is 9.59 Å². The van der Waals surface area contributed by atoms with Crippen LogP contribution in [-0.4, -0.2) is 86.5 Å². The van der Waals surface area contributed by atoms with Gasteiger partial charge < -0.3 is 34.6 Å². The van der Waals surface area contributed by atoms with Crippen LogP contribution in [0.5, 0.6) is 0 Å². The zero-order valence-electron chi connectivity index (χ0n) is 22.7. The van der Waals surface area contributed by atoms with Crippen LogP contribution in [0.3, 0.4) is 0 Å². The lowest BCUT2D eigenvalue weighted by molar-refractivity contribution is -0.345. The fourth-order valence-corrected chi connectivity index (χ4v) is 7.66. The van der Waals surface area contributed by atoms with Gasteiger partial charge in [-0.25, -0.2) is 4.79 Å². The molecule has 39 heavy (non-hydrogen) atoms. The van der Waals surface area contributed by atoms with E-state index in [-0.39, 0.29) is 30.6 Å². The van der Waals surface area contributed by atoms with E-state index in [1.807, 2.05) is 0 Å². The number of carbonyl (C=O) groups is 3. The van der Waals surface area contributed by atoms with Gasteiger partial charge in [0.2, 0.25) is 0 Å². The fourth-order valence-electron chi connectivity index (χ4n) is 7.66. The van der Waals surface area contributed by atoms with Gasteiger partial charge in [0.25, 0.3) is 0 Å². The molecular weight excluding hydrogens is 508 g/mol. The second-order valence-electron chi connectivity index (χ2n) is 12.2. The lowest BCUT2D eigenvalue weighted by Crippen LogP contribution is -2.81. The lowest BCUT2D eigenvalue weighted by atomic mass is 9.44. The second kappa shape index (κ2) is 8.94. The molecule has 1 aromatic carbocycles. The number of benzene rings is 1. The number of ketones is 1. The monoisotopic (exact) mass is 544 g/mol. The molecule has 4 N–H and O–H groups in total. The summed E-state index contributed by atoms with van der Waals surface area (Å²) in [7, 11) is 0. The smallest absolute Gasteiger partial charge is 0.338 e. The Labute approximate surface area is 226 Å². The minimum Gasteiger partial charge on any atom is -0.455 e. The molecule has 10 nitrogen and oxygen atoms in total. The Hall–Kier alpha value is -2.63. The van der Waals surface area contributed by atoms with Crippen molar-refractivity contribution in [1.82, 2.24) is 0 Å². The molecule has 10 heteroatoms. The SMILES string of the molecule is CC(=O)OC12COC1CC(O)[C@@]1(C)C(=O)C(O)C3=C(C)C(O)CC(O)(C(OC(=O)c4ccccc4)C21)C3(C)C. The minimum atomic E-state index is -2.07. The normalized spacial score (nSPS) is 42.7. The predicted molar refractivity (Wildman–Crippen MR) is 135 cm³/mol. The highest BCUT2D eigenvalue weighted by molar-refractivity contribution is 5.94. The zero-order valence-corrected chi connectivity index (χ0v) is 22.7. The molecule has 9 atom stereocenters. The lowest BCUT2D eigenvalue weighted by Gasteiger charge is -2.67. The molecule has 2 saturated carbocycles. The van der Waals surface area contributed by atoms with Gasteiger partial charge in [-0.2, -0.15) is 0 Å². The van der Waals surface area contributed by atoms with Crippen LogP contribution in [-0.2, 0) is 23.8 Å². The first-order valence-corrected chi connectivity index (χ1v) is 13.2. The Bertz CT molecular complexity index is 1240. The maximum Gasteiger partial charge on any atom is 0.338 e. The van der Waals surface area contributed by atoms with Crippen LogP contribution < -0.4 is 0 Å². The van der Waals surface area contributed by atoms with E-state index in [9.17, 15) is 34.8 Å². The van der Waals surface area contributed by atoms with Crippen molar-refractivity contribution in [2.45, 2.75) is 89.2 Å². The number of esters is 2. The molecule has 1 heterocycles. The number of Topliss-reactive ketones (excluding diaryl/α,β-unsaturated/α-hetero) is 1. The van der Waals surface area contributed by atoms with Gasteiger partial charge in [-0.1, -0.05) is 32.0 Å². The summed E-state index contributed by atoms with van der Waals surface area (Å²) < 4.78 is 17.7. The number of carbonyl (C=O) groups excluding carboxylic acids is 3. The number of aliphatic hydroxyl groups excluding tert-OH is 3. The number of fused-ring (bicyclic) bond motifs is 5. The number of hydrogen-bond donors (Lipinski definition) is 4. The maximum absolute atomic E-state index is 14.3. The molecule has 3 fully saturated rings. The summed E-state index contributed by atoms with van der Waals surface area (Å²) in [6.07, 6.45) is -7.26. The van der Waals surface area contributed by atoms with E-state index in [0.29, 0.717) is 5.57 Å². The molecule has 212 valence electrons. The van der Waals surface area contributed by atoms with Crippen molar-refractivity contribution in [3.05, 3.63) is 47.0 Å². The molecule has 1 saturated heterocycles. The average Bonchev–Trinajstić information content (AvgIpc) is 2.87. The molecular formula is C29H36O10. The Morgan fingerprint density at radius 1 is 1.08 bits per heavy atom. The molecule has 0 amide bonds. The van der Waals surface area contributed by atoms with Crippen LogP contribution in [0.1, 0.15) is 57.8 Å². The van der Waals surface area contributed by atoms with Crippen LogP contribution in [0.4, 0.5) is 0 Å². The standard InChI is InChI=1S/C29H36O10/c1-14-17(31)12-29(36)24(38-25(35)16-9-7-6-8-10-16)22-27(5,23(34)21(33)20(14)26(29,3)4)18(32)11-19-28(22,13-37-19)39-15(2)30/h6-10,17-19,21-22,24,31-33,36H,11-13H2,1-5H3/t17?,18?,19?,21?,22?,24?,27-,28?,29?/m1/s1. The van der Waals surface area contributed by atoms with Gasteiger partial charge >= 0.3 is 11.9 Å². The topological polar surface area (TPSA) is 160 Å². The van der Waals surface area contributed by atoms with Crippen molar-refractivity contribution >= 4 is 17.7 Å². The highest BCUT2D eigenvalue weighted by Crippen LogP contribution is 2.63. The summed E-state index contributed by atoms with van der Waals surface area (Å²) in [5, 5.41) is 46.7. The van der Waals surface area contributed by atoms with Gasteiger partial charge in [0, 0.05) is 25.2 Å². The van der Waals surface area contributed by atoms with Crippen molar-refractivity contribution < 1.29 is 49.0 Å². The molecule has 0 spiro atoms. The van der Waals surface area contributed by atoms with Crippen LogP contribution in [0.25, 0.3) is 0 Å². The van der Waals surface area contributed by atoms with Crippen molar-refractivity contribution in [2.24, 2.45) is 16.7 Å². The Kier molecular flexibility index (Phi) is 6.40. The molecule has 5 rings (SSSR count). The van der Waals surface area contributed by atoms with Gasteiger partial charge in [0.1, 0.15) is 23.9 Å². The van der Waals surface area contributed by atoms with E-state index < -0.39 is 76.2 Å². The number of ether oxygens (including phenoxy) is 3. The zero-order chi connectivity index (χ0) is 28.7. The third-order valence-corrected chi connectivity index (χ3v) is 9.95. The number of hydrogen-bond acceptors (Lipinski definition) is 10. The average molecular weight is 545 g/mol. The largest absolute Gasteiger partial charge is 0.455 e. The Balaban J connectivity index is 1.81. The van der Waals surface area contributed by atoms with E-state index in [1.54, 1.807) is 39.0 Å². The first-order valence-electron chi connectivity index (χ1n) is 13.2. The summed E-state index contributed by atoms with van der Waals surface area (Å²) in [6.45, 7) is 7.29. The molecule has 8 unspecified atom stereocenters. The number of rotatable bonds is 3. The van der Waals surface area contributed by atoms with Crippen molar-refractivity contribution in [3.63, 3.8) is 0 Å². The third-order valence-electron chi connectivity index (χ3n) is 9.95. The molecule has 0 radical (unpaired) electrons. The van der Waals surface area contributed by atoms with Crippen molar-refractivity contribution in [2.75, 3.05) is 6.61 Å². The summed E-state index contributed by atoms with van der Waals surface area (Å²) >= 11 is 0. The second-order valence-corrected chi connectivity index (χ2v) is 12.2. The summed E-state index contributed by atoms with van der Waals surface area (Å²) in [5.74, 6) is -3.60. The maximum atomic E-state index is 14.3. The van der Waals surface area contributed by atoms with Gasteiger partial charge in [-0.05, 0) is 37.1 Å². The van der Waals surface area contributed by atoms with Crippen molar-refractivity contribution in [1.29, 1.82) is 0 Å². The fraction of sp³-hybridized carbons (Fsp3) is 0.621. The van der Waals surface area contributed by atoms with Gasteiger partial charge in [-0.15, -0.1) is 0 Å². The van der Waals surface area contributed by atoms with E-state index >= 15 is 0 Å². The van der Waals surface area contributed by atoms with Gasteiger partial charge in [0.15, 0.2) is 11.4 Å². The van der Waals surface area contributed by atoms with E-state index in [1.165, 1.54) is 26.0 Å². The molecule has 1 aliphatic heterocycles. The Morgan fingerprint density at radius 2 is 1.72 bits per heavy atom. The summed E-state index contributed by atoms with van der Waals surface area (Å²) in [4.78, 5) is 40.3. The molecule has 1 aromatic rings.